The normalized spacial score (nSPS) is 16.4. The van der Waals surface area contributed by atoms with Gasteiger partial charge >= 0.3 is 0 Å². The molecule has 0 spiro atoms. The second-order valence-electron chi connectivity index (χ2n) is 5.85. The number of methoxy groups -OCH3 is 1. The van der Waals surface area contributed by atoms with E-state index in [1.54, 1.807) is 37.6 Å². The molecule has 7 heteroatoms. The summed E-state index contributed by atoms with van der Waals surface area (Å²) in [5.74, 6) is 1.42. The third kappa shape index (κ3) is 2.94. The number of carbonyl (C=O) groups excluding carboxylic acids is 1. The van der Waals surface area contributed by atoms with Crippen LogP contribution in [-0.4, -0.2) is 40.7 Å². The van der Waals surface area contributed by atoms with Gasteiger partial charge < -0.3 is 19.4 Å². The number of aromatic nitrogens is 3. The summed E-state index contributed by atoms with van der Waals surface area (Å²) in [4.78, 5) is 21.4. The fraction of sp³-hybridized carbons (Fsp3) is 0.278. The van der Waals surface area contributed by atoms with Crippen LogP contribution in [0.25, 0.3) is 11.2 Å². The summed E-state index contributed by atoms with van der Waals surface area (Å²) < 4.78 is 12.8. The highest BCUT2D eigenvalue weighted by atomic mass is 16.5. The van der Waals surface area contributed by atoms with Crippen molar-refractivity contribution in [2.45, 2.75) is 12.6 Å². The molecule has 0 saturated heterocycles. The van der Waals surface area contributed by atoms with Gasteiger partial charge in [0.1, 0.15) is 23.7 Å². The van der Waals surface area contributed by atoms with E-state index in [1.165, 1.54) is 0 Å². The van der Waals surface area contributed by atoms with Crippen LogP contribution in [0.1, 0.15) is 22.2 Å². The molecule has 3 aromatic rings. The Balaban J connectivity index is 1.51. The molecule has 1 aromatic carbocycles. The number of carbonyl (C=O) groups is 1. The molecule has 1 aliphatic rings. The van der Waals surface area contributed by atoms with E-state index in [4.69, 9.17) is 9.47 Å². The van der Waals surface area contributed by atoms with E-state index in [0.29, 0.717) is 25.3 Å². The highest BCUT2D eigenvalue weighted by Gasteiger charge is 2.25. The van der Waals surface area contributed by atoms with Crippen molar-refractivity contribution in [3.8, 4) is 5.75 Å². The summed E-state index contributed by atoms with van der Waals surface area (Å²) in [5.41, 5.74) is 2.25. The maximum absolute atomic E-state index is 12.4. The Morgan fingerprint density at radius 3 is 3.00 bits per heavy atom. The molecule has 0 bridgehead atoms. The zero-order valence-electron chi connectivity index (χ0n) is 13.8. The average Bonchev–Trinajstić information content (AvgIpc) is 3.05. The van der Waals surface area contributed by atoms with Gasteiger partial charge in [0.15, 0.2) is 5.65 Å². The van der Waals surface area contributed by atoms with Crippen molar-refractivity contribution in [1.82, 2.24) is 19.9 Å². The van der Waals surface area contributed by atoms with E-state index < -0.39 is 0 Å². The summed E-state index contributed by atoms with van der Waals surface area (Å²) in [6, 6.07) is 10.8. The molecule has 7 nitrogen and oxygen atoms in total. The van der Waals surface area contributed by atoms with Crippen LogP contribution in [0.3, 0.4) is 0 Å². The maximum Gasteiger partial charge on any atom is 0.251 e. The van der Waals surface area contributed by atoms with Crippen LogP contribution in [0.15, 0.2) is 42.6 Å². The molecule has 0 unspecified atom stereocenters. The van der Waals surface area contributed by atoms with Crippen molar-refractivity contribution >= 4 is 17.1 Å². The Morgan fingerprint density at radius 2 is 2.20 bits per heavy atom. The summed E-state index contributed by atoms with van der Waals surface area (Å²) in [6.07, 6.45) is 1.75. The molecule has 2 aromatic heterocycles. The number of imidazole rings is 1. The maximum atomic E-state index is 12.4. The van der Waals surface area contributed by atoms with Crippen molar-refractivity contribution in [2.75, 3.05) is 20.3 Å². The molecule has 1 N–H and O–H groups in total. The third-order valence-electron chi connectivity index (χ3n) is 4.28. The molecule has 128 valence electrons. The van der Waals surface area contributed by atoms with Gasteiger partial charge in [-0.3, -0.25) is 4.79 Å². The number of hydrogen-bond donors (Lipinski definition) is 1. The fourth-order valence-electron chi connectivity index (χ4n) is 3.03. The van der Waals surface area contributed by atoms with Gasteiger partial charge in [-0.2, -0.15) is 0 Å². The zero-order chi connectivity index (χ0) is 17.2. The molecule has 0 radical (unpaired) electrons. The van der Waals surface area contributed by atoms with Crippen LogP contribution in [0.2, 0.25) is 0 Å². The number of nitrogens with one attached hydrogen (secondary N) is 1. The minimum atomic E-state index is -0.132. The number of pyridine rings is 1. The van der Waals surface area contributed by atoms with Gasteiger partial charge in [0.25, 0.3) is 5.91 Å². The molecule has 4 rings (SSSR count). The second-order valence-corrected chi connectivity index (χ2v) is 5.85. The van der Waals surface area contributed by atoms with E-state index in [9.17, 15) is 4.79 Å². The van der Waals surface area contributed by atoms with E-state index >= 15 is 0 Å². The Kier molecular flexibility index (Phi) is 4.07. The first-order chi connectivity index (χ1) is 12.3. The number of benzene rings is 1. The molecule has 1 aliphatic heterocycles. The van der Waals surface area contributed by atoms with Gasteiger partial charge in [0.2, 0.25) is 0 Å². The number of hydrogen-bond acceptors (Lipinski definition) is 5. The van der Waals surface area contributed by atoms with E-state index in [2.05, 4.69) is 19.9 Å². The minimum Gasteiger partial charge on any atom is -0.497 e. The Bertz CT molecular complexity index is 904. The smallest absolute Gasteiger partial charge is 0.251 e. The quantitative estimate of drug-likeness (QED) is 0.786. The first-order valence-electron chi connectivity index (χ1n) is 8.08. The van der Waals surface area contributed by atoms with Crippen LogP contribution in [0.4, 0.5) is 0 Å². The molecular weight excluding hydrogens is 320 g/mol. The highest BCUT2D eigenvalue weighted by Crippen LogP contribution is 2.24. The Labute approximate surface area is 144 Å². The number of rotatable bonds is 4. The van der Waals surface area contributed by atoms with Gasteiger partial charge in [-0.1, -0.05) is 0 Å². The van der Waals surface area contributed by atoms with Gasteiger partial charge in [0.05, 0.1) is 19.8 Å². The van der Waals surface area contributed by atoms with Crippen molar-refractivity contribution in [3.63, 3.8) is 0 Å². The molecule has 3 heterocycles. The summed E-state index contributed by atoms with van der Waals surface area (Å²) in [7, 11) is 1.60. The topological polar surface area (TPSA) is 78.3 Å². The Hall–Kier alpha value is -2.93. The van der Waals surface area contributed by atoms with Gasteiger partial charge in [-0.15, -0.1) is 0 Å². The number of fused-ring (bicyclic) bond motifs is 3. The van der Waals surface area contributed by atoms with Crippen molar-refractivity contribution in [1.29, 1.82) is 0 Å². The summed E-state index contributed by atoms with van der Waals surface area (Å²) in [5, 5.41) is 2.97. The van der Waals surface area contributed by atoms with Crippen molar-refractivity contribution < 1.29 is 14.3 Å². The molecule has 0 aliphatic carbocycles. The van der Waals surface area contributed by atoms with Crippen LogP contribution >= 0.6 is 0 Å². The summed E-state index contributed by atoms with van der Waals surface area (Å²) >= 11 is 0. The van der Waals surface area contributed by atoms with Crippen LogP contribution in [0, 0.1) is 0 Å². The molecular formula is C18H18N4O3. The van der Waals surface area contributed by atoms with Crippen molar-refractivity contribution in [3.05, 3.63) is 54.0 Å². The van der Waals surface area contributed by atoms with Crippen LogP contribution < -0.4 is 10.1 Å². The third-order valence-corrected chi connectivity index (χ3v) is 4.28. The van der Waals surface area contributed by atoms with Crippen molar-refractivity contribution in [2.24, 2.45) is 0 Å². The monoisotopic (exact) mass is 338 g/mol. The standard InChI is InChI=1S/C18H18N4O3/c1-24-14-6-4-12(5-7-14)18(23)20-9-13-10-25-11-16-21-15-3-2-8-19-17(15)22(13)16/h2-8,13H,9-11H2,1H3,(H,20,23)/t13-/m0/s1. The fourth-order valence-corrected chi connectivity index (χ4v) is 3.03. The lowest BCUT2D eigenvalue weighted by molar-refractivity contribution is 0.0551. The van der Waals surface area contributed by atoms with E-state index in [-0.39, 0.29) is 11.9 Å². The van der Waals surface area contributed by atoms with Crippen LogP contribution in [-0.2, 0) is 11.3 Å². The molecule has 1 atom stereocenters. The SMILES string of the molecule is COc1ccc(C(=O)NC[C@H]2COCc3nc4cccnc4n32)cc1. The minimum absolute atomic E-state index is 0.0363. The van der Waals surface area contributed by atoms with Gasteiger partial charge in [-0.05, 0) is 36.4 Å². The predicted molar refractivity (Wildman–Crippen MR) is 91.5 cm³/mol. The first kappa shape index (κ1) is 15.6. The zero-order valence-corrected chi connectivity index (χ0v) is 13.8. The highest BCUT2D eigenvalue weighted by molar-refractivity contribution is 5.94. The first-order valence-corrected chi connectivity index (χ1v) is 8.08. The number of amides is 1. The number of nitrogens with zero attached hydrogens (tertiary/aromatic N) is 3. The molecule has 1 amide bonds. The molecule has 0 saturated carbocycles. The molecule has 0 fully saturated rings. The second kappa shape index (κ2) is 6.52. The van der Waals surface area contributed by atoms with Gasteiger partial charge in [-0.25, -0.2) is 9.97 Å². The van der Waals surface area contributed by atoms with E-state index in [1.807, 2.05) is 12.1 Å². The lowest BCUT2D eigenvalue weighted by Gasteiger charge is -2.25. The largest absolute Gasteiger partial charge is 0.497 e. The predicted octanol–water partition coefficient (Wildman–Crippen LogP) is 1.94. The van der Waals surface area contributed by atoms with E-state index in [0.717, 1.165) is 22.7 Å². The number of ether oxygens (including phenoxy) is 2. The lowest BCUT2D eigenvalue weighted by Crippen LogP contribution is -2.35. The lowest BCUT2D eigenvalue weighted by atomic mass is 10.2. The van der Waals surface area contributed by atoms with Crippen LogP contribution in [0.5, 0.6) is 5.75 Å². The summed E-state index contributed by atoms with van der Waals surface area (Å²) in [6.45, 7) is 1.41. The Morgan fingerprint density at radius 1 is 1.36 bits per heavy atom. The van der Waals surface area contributed by atoms with Gasteiger partial charge in [0, 0.05) is 18.3 Å². The average molecular weight is 338 g/mol. The molecule has 25 heavy (non-hydrogen) atoms.